The van der Waals surface area contributed by atoms with Gasteiger partial charge in [0.25, 0.3) is 0 Å². The lowest BCUT2D eigenvalue weighted by atomic mass is 10.1. The summed E-state index contributed by atoms with van der Waals surface area (Å²) in [6.45, 7) is 10.1. The van der Waals surface area contributed by atoms with Crippen molar-refractivity contribution in [1.82, 2.24) is 0 Å². The Morgan fingerprint density at radius 2 is 1.58 bits per heavy atom. The van der Waals surface area contributed by atoms with Gasteiger partial charge in [-0.3, -0.25) is 0 Å². The quantitative estimate of drug-likeness (QED) is 0.404. The minimum Gasteiger partial charge on any atom is -0.464 e. The van der Waals surface area contributed by atoms with Crippen molar-refractivity contribution in [3.05, 3.63) is 0 Å². The largest absolute Gasteiger partial charge is 0.464 e. The van der Waals surface area contributed by atoms with E-state index in [-0.39, 0.29) is 5.97 Å². The van der Waals surface area contributed by atoms with Gasteiger partial charge in [-0.2, -0.15) is 0 Å². The number of unbranched alkanes of at least 4 members (excludes halogenated alkanes) is 3. The molecule has 0 radical (unpaired) electrons. The van der Waals surface area contributed by atoms with E-state index in [1.54, 1.807) is 20.8 Å². The number of rotatable bonds is 12. The fraction of sp³-hybridized carbons (Fsp3) is 0.933. The highest BCUT2D eigenvalue weighted by Gasteiger charge is 2.29. The molecule has 0 aliphatic heterocycles. The molecule has 0 N–H and O–H groups in total. The molecule has 0 saturated carbocycles. The molecule has 0 fully saturated rings. The van der Waals surface area contributed by atoms with Gasteiger partial charge in [-0.25, -0.2) is 4.79 Å². The van der Waals surface area contributed by atoms with E-state index >= 15 is 0 Å². The summed E-state index contributed by atoms with van der Waals surface area (Å²) in [5, 5.41) is 0. The van der Waals surface area contributed by atoms with Crippen LogP contribution in [0.25, 0.3) is 0 Å². The Balaban J connectivity index is 3.45. The van der Waals surface area contributed by atoms with Gasteiger partial charge in [0.05, 0.1) is 6.61 Å². The molecule has 0 rings (SSSR count). The summed E-state index contributed by atoms with van der Waals surface area (Å²) in [6, 6.07) is 0. The predicted molar refractivity (Wildman–Crippen MR) is 76.2 cm³/mol. The molecule has 0 atom stereocenters. The zero-order chi connectivity index (χ0) is 14.6. The maximum absolute atomic E-state index is 11.6. The number of carbonyl (C=O) groups excluding carboxylic acids is 1. The van der Waals surface area contributed by atoms with Gasteiger partial charge < -0.3 is 14.2 Å². The first-order valence-corrected chi connectivity index (χ1v) is 7.43. The normalized spacial score (nSPS) is 11.6. The highest BCUT2D eigenvalue weighted by molar-refractivity contribution is 5.78. The Labute approximate surface area is 117 Å². The van der Waals surface area contributed by atoms with Crippen molar-refractivity contribution in [3.8, 4) is 0 Å². The third-order valence-corrected chi connectivity index (χ3v) is 2.81. The molecule has 0 aliphatic rings. The van der Waals surface area contributed by atoms with Gasteiger partial charge in [-0.15, -0.1) is 0 Å². The molecule has 114 valence electrons. The molecule has 0 saturated heterocycles. The van der Waals surface area contributed by atoms with Crippen LogP contribution in [0.3, 0.4) is 0 Å². The topological polar surface area (TPSA) is 44.8 Å². The maximum Gasteiger partial charge on any atom is 0.337 e. The average molecular weight is 274 g/mol. The van der Waals surface area contributed by atoms with Crippen LogP contribution in [0.1, 0.15) is 59.8 Å². The minimum absolute atomic E-state index is 0.294. The predicted octanol–water partition coefficient (Wildman–Crippen LogP) is 3.33. The summed E-state index contributed by atoms with van der Waals surface area (Å²) in [5.74, 6) is -0.294. The van der Waals surface area contributed by atoms with E-state index in [1.165, 1.54) is 6.42 Å². The molecular formula is C15H30O4. The molecular weight excluding hydrogens is 244 g/mol. The molecule has 0 bridgehead atoms. The van der Waals surface area contributed by atoms with E-state index in [0.29, 0.717) is 13.2 Å². The van der Waals surface area contributed by atoms with Crippen LogP contribution in [0, 0.1) is 0 Å². The van der Waals surface area contributed by atoms with E-state index in [1.807, 2.05) is 0 Å². The third-order valence-electron chi connectivity index (χ3n) is 2.81. The average Bonchev–Trinajstić information content (AvgIpc) is 2.37. The van der Waals surface area contributed by atoms with Gasteiger partial charge in [0.15, 0.2) is 5.60 Å². The molecule has 0 aromatic heterocycles. The van der Waals surface area contributed by atoms with Crippen molar-refractivity contribution < 1.29 is 19.0 Å². The van der Waals surface area contributed by atoms with Gasteiger partial charge in [-0.05, 0) is 46.5 Å². The molecule has 19 heavy (non-hydrogen) atoms. The number of hydrogen-bond acceptors (Lipinski definition) is 4. The lowest BCUT2D eigenvalue weighted by molar-refractivity contribution is -0.167. The van der Waals surface area contributed by atoms with Crippen LogP contribution in [0.15, 0.2) is 0 Å². The highest BCUT2D eigenvalue weighted by atomic mass is 16.6. The summed E-state index contributed by atoms with van der Waals surface area (Å²) in [5.41, 5.74) is -0.840. The van der Waals surface area contributed by atoms with Gasteiger partial charge in [-0.1, -0.05) is 13.3 Å². The van der Waals surface area contributed by atoms with Crippen molar-refractivity contribution in [2.45, 2.75) is 65.4 Å². The standard InChI is InChI=1S/C15H30O4/c1-5-7-11-17-12-9-8-10-13-19-15(3,4)14(16)18-6-2/h5-13H2,1-4H3. The van der Waals surface area contributed by atoms with Crippen molar-refractivity contribution in [2.24, 2.45) is 0 Å². The molecule has 0 amide bonds. The van der Waals surface area contributed by atoms with E-state index < -0.39 is 5.60 Å². The van der Waals surface area contributed by atoms with E-state index in [2.05, 4.69) is 6.92 Å². The first kappa shape index (κ1) is 18.4. The third kappa shape index (κ3) is 9.91. The summed E-state index contributed by atoms with van der Waals surface area (Å²) in [6.07, 6.45) is 5.37. The van der Waals surface area contributed by atoms with Crippen LogP contribution >= 0.6 is 0 Å². The van der Waals surface area contributed by atoms with E-state index in [9.17, 15) is 4.79 Å². The minimum atomic E-state index is -0.840. The Hall–Kier alpha value is -0.610. The molecule has 0 spiro atoms. The number of carbonyl (C=O) groups is 1. The highest BCUT2D eigenvalue weighted by Crippen LogP contribution is 2.12. The van der Waals surface area contributed by atoms with Crippen molar-refractivity contribution in [3.63, 3.8) is 0 Å². The fourth-order valence-electron chi connectivity index (χ4n) is 1.52. The summed E-state index contributed by atoms with van der Waals surface area (Å²) < 4.78 is 16.0. The van der Waals surface area contributed by atoms with Crippen LogP contribution in [0.5, 0.6) is 0 Å². The Bertz CT molecular complexity index is 226. The van der Waals surface area contributed by atoms with Crippen LogP contribution < -0.4 is 0 Å². The molecule has 0 heterocycles. The SMILES string of the molecule is CCCCOCCCCCOC(C)(C)C(=O)OCC. The zero-order valence-electron chi connectivity index (χ0n) is 13.0. The smallest absolute Gasteiger partial charge is 0.337 e. The van der Waals surface area contributed by atoms with E-state index in [4.69, 9.17) is 14.2 Å². The Morgan fingerprint density at radius 1 is 0.947 bits per heavy atom. The summed E-state index contributed by atoms with van der Waals surface area (Å²) >= 11 is 0. The zero-order valence-corrected chi connectivity index (χ0v) is 13.0. The fourth-order valence-corrected chi connectivity index (χ4v) is 1.52. The first-order valence-electron chi connectivity index (χ1n) is 7.43. The molecule has 4 heteroatoms. The Kier molecular flexibility index (Phi) is 10.9. The first-order chi connectivity index (χ1) is 9.04. The lowest BCUT2D eigenvalue weighted by Crippen LogP contribution is -2.37. The number of esters is 1. The van der Waals surface area contributed by atoms with Crippen LogP contribution in [0.4, 0.5) is 0 Å². The molecule has 0 aromatic rings. The molecule has 0 unspecified atom stereocenters. The molecule has 4 nitrogen and oxygen atoms in total. The van der Waals surface area contributed by atoms with Crippen molar-refractivity contribution in [1.29, 1.82) is 0 Å². The summed E-state index contributed by atoms with van der Waals surface area (Å²) in [4.78, 5) is 11.6. The monoisotopic (exact) mass is 274 g/mol. The maximum atomic E-state index is 11.6. The van der Waals surface area contributed by atoms with Gasteiger partial charge in [0, 0.05) is 19.8 Å². The molecule has 0 aliphatic carbocycles. The van der Waals surface area contributed by atoms with Crippen LogP contribution in [-0.2, 0) is 19.0 Å². The van der Waals surface area contributed by atoms with Crippen molar-refractivity contribution >= 4 is 5.97 Å². The second kappa shape index (κ2) is 11.2. The summed E-state index contributed by atoms with van der Waals surface area (Å²) in [7, 11) is 0. The Morgan fingerprint density at radius 3 is 2.21 bits per heavy atom. The van der Waals surface area contributed by atoms with Crippen molar-refractivity contribution in [2.75, 3.05) is 26.4 Å². The molecule has 0 aromatic carbocycles. The number of hydrogen-bond donors (Lipinski definition) is 0. The lowest BCUT2D eigenvalue weighted by Gasteiger charge is -2.22. The van der Waals surface area contributed by atoms with Gasteiger partial charge >= 0.3 is 5.97 Å². The van der Waals surface area contributed by atoms with Crippen LogP contribution in [-0.4, -0.2) is 38.0 Å². The second-order valence-electron chi connectivity index (χ2n) is 5.11. The van der Waals surface area contributed by atoms with Gasteiger partial charge in [0.2, 0.25) is 0 Å². The second-order valence-corrected chi connectivity index (χ2v) is 5.11. The number of ether oxygens (including phenoxy) is 3. The van der Waals surface area contributed by atoms with Gasteiger partial charge in [0.1, 0.15) is 0 Å². The van der Waals surface area contributed by atoms with E-state index in [0.717, 1.165) is 38.9 Å². The van der Waals surface area contributed by atoms with Crippen LogP contribution in [0.2, 0.25) is 0 Å².